The predicted molar refractivity (Wildman–Crippen MR) is 64.6 cm³/mol. The van der Waals surface area contributed by atoms with Crippen molar-refractivity contribution in [3.63, 3.8) is 0 Å². The van der Waals surface area contributed by atoms with Crippen LogP contribution in [0.25, 0.3) is 11.5 Å². The quantitative estimate of drug-likeness (QED) is 0.935. The predicted octanol–water partition coefficient (Wildman–Crippen LogP) is 2.98. The molecular weight excluding hydrogens is 277 g/mol. The number of benzene rings is 1. The number of ether oxygens (including phenoxy) is 1. The molecule has 1 heterocycles. The second kappa shape index (κ2) is 5.38. The smallest absolute Gasteiger partial charge is 0.373 e. The minimum absolute atomic E-state index is 0.0297. The van der Waals surface area contributed by atoms with Crippen molar-refractivity contribution in [2.24, 2.45) is 0 Å². The number of aromatic nitrogens is 1. The number of hydrogen-bond acceptors (Lipinski definition) is 4. The van der Waals surface area contributed by atoms with Gasteiger partial charge in [0.2, 0.25) is 11.7 Å². The summed E-state index contributed by atoms with van der Waals surface area (Å²) in [6.45, 7) is -0.0297. The fourth-order valence-corrected chi connectivity index (χ4v) is 1.74. The van der Waals surface area contributed by atoms with Crippen LogP contribution in [-0.4, -0.2) is 23.2 Å². The number of carboxylic acids is 1. The Morgan fingerprint density at radius 2 is 2.32 bits per heavy atom. The summed E-state index contributed by atoms with van der Waals surface area (Å²) in [4.78, 5) is 15.0. The number of methoxy groups -OCH3 is 1. The third-order valence-corrected chi connectivity index (χ3v) is 2.74. The summed E-state index contributed by atoms with van der Waals surface area (Å²) >= 11 is 5.79. The van der Waals surface area contributed by atoms with Gasteiger partial charge < -0.3 is 14.3 Å². The van der Waals surface area contributed by atoms with Gasteiger partial charge in [-0.25, -0.2) is 14.2 Å². The van der Waals surface area contributed by atoms with Crippen LogP contribution in [0.3, 0.4) is 0 Å². The van der Waals surface area contributed by atoms with Gasteiger partial charge in [0.15, 0.2) is 0 Å². The van der Waals surface area contributed by atoms with Gasteiger partial charge in [-0.1, -0.05) is 17.7 Å². The van der Waals surface area contributed by atoms with Crippen LogP contribution in [0.15, 0.2) is 22.6 Å². The number of aromatic carboxylic acids is 1. The second-order valence-corrected chi connectivity index (χ2v) is 4.01. The highest BCUT2D eigenvalue weighted by Gasteiger charge is 2.22. The number of rotatable bonds is 4. The van der Waals surface area contributed by atoms with Gasteiger partial charge in [0, 0.05) is 7.11 Å². The van der Waals surface area contributed by atoms with Gasteiger partial charge in [-0.3, -0.25) is 0 Å². The van der Waals surface area contributed by atoms with Crippen LogP contribution in [0, 0.1) is 5.82 Å². The van der Waals surface area contributed by atoms with Crippen molar-refractivity contribution in [1.82, 2.24) is 4.98 Å². The van der Waals surface area contributed by atoms with E-state index in [0.29, 0.717) is 0 Å². The zero-order valence-corrected chi connectivity index (χ0v) is 10.6. The molecular formula is C12H9ClFNO4. The highest BCUT2D eigenvalue weighted by Crippen LogP contribution is 2.30. The lowest BCUT2D eigenvalue weighted by atomic mass is 10.2. The summed E-state index contributed by atoms with van der Waals surface area (Å²) in [7, 11) is 1.40. The average molecular weight is 286 g/mol. The van der Waals surface area contributed by atoms with E-state index < -0.39 is 11.8 Å². The molecule has 2 rings (SSSR count). The molecule has 2 aromatic rings. The van der Waals surface area contributed by atoms with Gasteiger partial charge in [0.05, 0.1) is 17.2 Å². The fourth-order valence-electron chi connectivity index (χ4n) is 1.54. The molecule has 0 aliphatic heterocycles. The fraction of sp³-hybridized carbons (Fsp3) is 0.167. The van der Waals surface area contributed by atoms with Gasteiger partial charge >= 0.3 is 5.97 Å². The van der Waals surface area contributed by atoms with Crippen molar-refractivity contribution < 1.29 is 23.4 Å². The molecule has 5 nitrogen and oxygen atoms in total. The highest BCUT2D eigenvalue weighted by molar-refractivity contribution is 6.33. The van der Waals surface area contributed by atoms with Crippen molar-refractivity contribution in [3.05, 3.63) is 40.5 Å². The first kappa shape index (κ1) is 13.5. The van der Waals surface area contributed by atoms with E-state index in [0.717, 1.165) is 0 Å². The van der Waals surface area contributed by atoms with Crippen LogP contribution in [0.5, 0.6) is 0 Å². The van der Waals surface area contributed by atoms with Crippen LogP contribution in [0.1, 0.15) is 16.2 Å². The molecule has 7 heteroatoms. The third-order valence-electron chi connectivity index (χ3n) is 2.35. The Balaban J connectivity index is 2.54. The average Bonchev–Trinajstić information content (AvgIpc) is 2.77. The maximum Gasteiger partial charge on any atom is 0.373 e. The molecule has 0 bridgehead atoms. The van der Waals surface area contributed by atoms with E-state index in [1.807, 2.05) is 0 Å². The molecule has 0 aliphatic carbocycles. The zero-order valence-electron chi connectivity index (χ0n) is 9.81. The third kappa shape index (κ3) is 2.59. The van der Waals surface area contributed by atoms with Crippen LogP contribution >= 0.6 is 11.6 Å². The molecule has 0 saturated heterocycles. The minimum atomic E-state index is -1.28. The van der Waals surface area contributed by atoms with Gasteiger partial charge in [-0.05, 0) is 12.1 Å². The van der Waals surface area contributed by atoms with Crippen molar-refractivity contribution in [2.45, 2.75) is 6.61 Å². The van der Waals surface area contributed by atoms with Crippen molar-refractivity contribution in [3.8, 4) is 11.5 Å². The van der Waals surface area contributed by atoms with Crippen molar-refractivity contribution >= 4 is 17.6 Å². The zero-order chi connectivity index (χ0) is 14.0. The standard InChI is InChI=1S/C12H9ClFNO4/c1-18-5-8-10(12(16)17)19-11(15-8)6-3-2-4-7(14)9(6)13/h2-4H,5H2,1H3,(H,16,17). The molecule has 1 aromatic heterocycles. The number of halogens is 2. The second-order valence-electron chi connectivity index (χ2n) is 3.63. The first-order valence-electron chi connectivity index (χ1n) is 5.21. The Kier molecular flexibility index (Phi) is 3.82. The van der Waals surface area contributed by atoms with Gasteiger partial charge in [0.1, 0.15) is 11.5 Å². The number of oxazole rings is 1. The molecule has 1 N–H and O–H groups in total. The Morgan fingerprint density at radius 3 is 2.95 bits per heavy atom. The Hall–Kier alpha value is -1.92. The number of carbonyl (C=O) groups is 1. The lowest BCUT2D eigenvalue weighted by molar-refractivity contribution is 0.0656. The minimum Gasteiger partial charge on any atom is -0.475 e. The van der Waals surface area contributed by atoms with Crippen molar-refractivity contribution in [2.75, 3.05) is 7.11 Å². The van der Waals surface area contributed by atoms with E-state index in [1.54, 1.807) is 0 Å². The Labute approximate surface area is 112 Å². The first-order valence-corrected chi connectivity index (χ1v) is 5.58. The van der Waals surface area contributed by atoms with Crippen molar-refractivity contribution in [1.29, 1.82) is 0 Å². The lowest BCUT2D eigenvalue weighted by Crippen LogP contribution is -2.00. The molecule has 0 amide bonds. The number of hydrogen-bond donors (Lipinski definition) is 1. The topological polar surface area (TPSA) is 72.6 Å². The van der Waals surface area contributed by atoms with Crippen LogP contribution in [-0.2, 0) is 11.3 Å². The summed E-state index contributed by atoms with van der Waals surface area (Å²) in [5, 5.41) is 8.80. The SMILES string of the molecule is COCc1nc(-c2cccc(F)c2Cl)oc1C(=O)O. The van der Waals surface area contributed by atoms with Gasteiger partial charge in [-0.15, -0.1) is 0 Å². The molecule has 0 saturated carbocycles. The van der Waals surface area contributed by atoms with E-state index in [9.17, 15) is 9.18 Å². The highest BCUT2D eigenvalue weighted by atomic mass is 35.5. The van der Waals surface area contributed by atoms with E-state index in [-0.39, 0.29) is 34.5 Å². The summed E-state index contributed by atoms with van der Waals surface area (Å²) in [6, 6.07) is 4.10. The van der Waals surface area contributed by atoms with E-state index in [1.165, 1.54) is 25.3 Å². The van der Waals surface area contributed by atoms with E-state index >= 15 is 0 Å². The van der Waals surface area contributed by atoms with Gasteiger partial charge in [0.25, 0.3) is 0 Å². The van der Waals surface area contributed by atoms with E-state index in [4.69, 9.17) is 25.9 Å². The van der Waals surface area contributed by atoms with E-state index in [2.05, 4.69) is 4.98 Å². The van der Waals surface area contributed by atoms with Crippen LogP contribution in [0.4, 0.5) is 4.39 Å². The largest absolute Gasteiger partial charge is 0.475 e. The van der Waals surface area contributed by atoms with Crippen LogP contribution < -0.4 is 0 Å². The maximum absolute atomic E-state index is 13.3. The lowest BCUT2D eigenvalue weighted by Gasteiger charge is -1.99. The maximum atomic E-state index is 13.3. The molecule has 0 spiro atoms. The summed E-state index contributed by atoms with van der Waals surface area (Å²) in [6.07, 6.45) is 0. The summed E-state index contributed by atoms with van der Waals surface area (Å²) in [5.41, 5.74) is 0.303. The molecule has 0 aliphatic rings. The summed E-state index contributed by atoms with van der Waals surface area (Å²) < 4.78 is 23.3. The summed E-state index contributed by atoms with van der Waals surface area (Å²) in [5.74, 6) is -2.33. The first-order chi connectivity index (χ1) is 9.04. The normalized spacial score (nSPS) is 10.7. The molecule has 0 fully saturated rings. The molecule has 0 atom stereocenters. The number of nitrogens with zero attached hydrogens (tertiary/aromatic N) is 1. The Morgan fingerprint density at radius 1 is 1.58 bits per heavy atom. The monoisotopic (exact) mass is 285 g/mol. The van der Waals surface area contributed by atoms with Gasteiger partial charge in [-0.2, -0.15) is 0 Å². The molecule has 19 heavy (non-hydrogen) atoms. The molecule has 0 unspecified atom stereocenters. The van der Waals surface area contributed by atoms with Crippen LogP contribution in [0.2, 0.25) is 5.02 Å². The molecule has 100 valence electrons. The Bertz CT molecular complexity index is 626. The molecule has 1 aromatic carbocycles. The number of carboxylic acid groups (broad SMARTS) is 1. The molecule has 0 radical (unpaired) electrons.